The van der Waals surface area contributed by atoms with E-state index in [2.05, 4.69) is 10.2 Å². The highest BCUT2D eigenvalue weighted by Crippen LogP contribution is 2.26. The molecule has 1 aliphatic heterocycles. The topological polar surface area (TPSA) is 41.6 Å². The molecule has 0 aliphatic carbocycles. The van der Waals surface area contributed by atoms with E-state index in [9.17, 15) is 9.18 Å². The van der Waals surface area contributed by atoms with Crippen LogP contribution in [0.5, 0.6) is 0 Å². The molecule has 1 saturated heterocycles. The first kappa shape index (κ1) is 15.5. The van der Waals surface area contributed by atoms with Gasteiger partial charge in [0.05, 0.1) is 31.0 Å². The van der Waals surface area contributed by atoms with Gasteiger partial charge in [0.25, 0.3) is 0 Å². The fourth-order valence-electron chi connectivity index (χ4n) is 2.67. The lowest BCUT2D eigenvalue weighted by Gasteiger charge is -2.30. The summed E-state index contributed by atoms with van der Waals surface area (Å²) in [6, 6.07) is 14.0. The first-order valence-electron chi connectivity index (χ1n) is 7.69. The Kier molecular flexibility index (Phi) is 4.88. The number of carbonyl (C=O) groups excluding carboxylic acids is 1. The van der Waals surface area contributed by atoms with Crippen molar-refractivity contribution in [2.24, 2.45) is 0 Å². The van der Waals surface area contributed by atoms with Crippen LogP contribution in [0.1, 0.15) is 5.56 Å². The molecule has 5 heteroatoms. The Hall–Kier alpha value is -2.40. The third kappa shape index (κ3) is 3.87. The predicted molar refractivity (Wildman–Crippen MR) is 88.2 cm³/mol. The molecule has 23 heavy (non-hydrogen) atoms. The van der Waals surface area contributed by atoms with Gasteiger partial charge in [-0.15, -0.1) is 0 Å². The number of hydrogen-bond donors (Lipinski definition) is 1. The molecule has 1 amide bonds. The standard InChI is InChI=1S/C18H19FN2O2/c19-15-6-2-1-5-14(15)13-18(22)20-16-7-3-4-8-17(16)21-9-11-23-12-10-21/h1-8H,9-13H2,(H,20,22). The van der Waals surface area contributed by atoms with Crippen LogP contribution < -0.4 is 10.2 Å². The molecule has 1 N–H and O–H groups in total. The predicted octanol–water partition coefficient (Wildman–Crippen LogP) is 2.84. The number of benzene rings is 2. The lowest BCUT2D eigenvalue weighted by Crippen LogP contribution is -2.36. The minimum atomic E-state index is -0.357. The van der Waals surface area contributed by atoms with Crippen LogP contribution in [0.15, 0.2) is 48.5 Å². The lowest BCUT2D eigenvalue weighted by molar-refractivity contribution is -0.115. The number of morpholine rings is 1. The highest BCUT2D eigenvalue weighted by atomic mass is 19.1. The number of ether oxygens (including phenoxy) is 1. The molecule has 0 radical (unpaired) electrons. The Bertz CT molecular complexity index is 684. The van der Waals surface area contributed by atoms with Gasteiger partial charge >= 0.3 is 0 Å². The van der Waals surface area contributed by atoms with Gasteiger partial charge in [0, 0.05) is 13.1 Å². The molecule has 2 aromatic carbocycles. The Morgan fingerprint density at radius 3 is 2.57 bits per heavy atom. The van der Waals surface area contributed by atoms with Crippen molar-refractivity contribution in [3.8, 4) is 0 Å². The molecule has 0 saturated carbocycles. The van der Waals surface area contributed by atoms with E-state index < -0.39 is 0 Å². The molecule has 0 aromatic heterocycles. The summed E-state index contributed by atoms with van der Waals surface area (Å²) >= 11 is 0. The van der Waals surface area contributed by atoms with E-state index in [0.717, 1.165) is 24.5 Å². The highest BCUT2D eigenvalue weighted by molar-refractivity contribution is 5.95. The van der Waals surface area contributed by atoms with E-state index in [1.807, 2.05) is 24.3 Å². The Morgan fingerprint density at radius 2 is 1.78 bits per heavy atom. The van der Waals surface area contributed by atoms with E-state index in [0.29, 0.717) is 18.8 Å². The monoisotopic (exact) mass is 314 g/mol. The summed E-state index contributed by atoms with van der Waals surface area (Å²) in [7, 11) is 0. The Balaban J connectivity index is 1.72. The van der Waals surface area contributed by atoms with Crippen LogP contribution >= 0.6 is 0 Å². The zero-order chi connectivity index (χ0) is 16.1. The van der Waals surface area contributed by atoms with Crippen molar-refractivity contribution < 1.29 is 13.9 Å². The number of hydrogen-bond acceptors (Lipinski definition) is 3. The van der Waals surface area contributed by atoms with Crippen molar-refractivity contribution in [3.63, 3.8) is 0 Å². The number of nitrogens with zero attached hydrogens (tertiary/aromatic N) is 1. The molecular weight excluding hydrogens is 295 g/mol. The molecule has 2 aromatic rings. The van der Waals surface area contributed by atoms with Crippen LogP contribution in [-0.4, -0.2) is 32.2 Å². The van der Waals surface area contributed by atoms with Crippen molar-refractivity contribution in [2.45, 2.75) is 6.42 Å². The first-order chi connectivity index (χ1) is 11.2. The summed E-state index contributed by atoms with van der Waals surface area (Å²) < 4.78 is 19.0. The largest absolute Gasteiger partial charge is 0.378 e. The van der Waals surface area contributed by atoms with Gasteiger partial charge in [0.15, 0.2) is 0 Å². The van der Waals surface area contributed by atoms with Crippen molar-refractivity contribution in [1.29, 1.82) is 0 Å². The average Bonchev–Trinajstić information content (AvgIpc) is 2.58. The zero-order valence-electron chi connectivity index (χ0n) is 12.8. The normalized spacial score (nSPS) is 14.6. The molecular formula is C18H19FN2O2. The van der Waals surface area contributed by atoms with Gasteiger partial charge in [-0.05, 0) is 23.8 Å². The number of carbonyl (C=O) groups is 1. The maximum atomic E-state index is 13.7. The minimum absolute atomic E-state index is 0.0180. The van der Waals surface area contributed by atoms with Gasteiger partial charge in [0.2, 0.25) is 5.91 Å². The van der Waals surface area contributed by atoms with E-state index in [-0.39, 0.29) is 18.1 Å². The lowest BCUT2D eigenvalue weighted by atomic mass is 10.1. The summed E-state index contributed by atoms with van der Waals surface area (Å²) in [5, 5.41) is 2.90. The molecule has 0 spiro atoms. The molecule has 4 nitrogen and oxygen atoms in total. The van der Waals surface area contributed by atoms with Crippen molar-refractivity contribution in [2.75, 3.05) is 36.5 Å². The molecule has 1 fully saturated rings. The van der Waals surface area contributed by atoms with Crippen LogP contribution in [0.4, 0.5) is 15.8 Å². The molecule has 0 unspecified atom stereocenters. The number of halogens is 1. The van der Waals surface area contributed by atoms with Crippen molar-refractivity contribution in [3.05, 3.63) is 59.9 Å². The van der Waals surface area contributed by atoms with Gasteiger partial charge in [-0.1, -0.05) is 30.3 Å². The maximum Gasteiger partial charge on any atom is 0.228 e. The van der Waals surface area contributed by atoms with E-state index in [1.54, 1.807) is 18.2 Å². The molecule has 3 rings (SSSR count). The van der Waals surface area contributed by atoms with Crippen LogP contribution in [-0.2, 0) is 16.0 Å². The summed E-state index contributed by atoms with van der Waals surface area (Å²) in [5.41, 5.74) is 2.11. The van der Waals surface area contributed by atoms with Gasteiger partial charge in [-0.3, -0.25) is 4.79 Å². The second-order valence-electron chi connectivity index (χ2n) is 5.43. The van der Waals surface area contributed by atoms with Gasteiger partial charge < -0.3 is 15.0 Å². The fraction of sp³-hybridized carbons (Fsp3) is 0.278. The van der Waals surface area contributed by atoms with E-state index >= 15 is 0 Å². The van der Waals surface area contributed by atoms with Gasteiger partial charge in [-0.25, -0.2) is 4.39 Å². The number of nitrogens with one attached hydrogen (secondary N) is 1. The number of rotatable bonds is 4. The van der Waals surface area contributed by atoms with Gasteiger partial charge in [-0.2, -0.15) is 0 Å². The molecule has 0 bridgehead atoms. The van der Waals surface area contributed by atoms with Crippen LogP contribution in [0.2, 0.25) is 0 Å². The van der Waals surface area contributed by atoms with Crippen LogP contribution in [0, 0.1) is 5.82 Å². The second-order valence-corrected chi connectivity index (χ2v) is 5.43. The number of para-hydroxylation sites is 2. The molecule has 1 aliphatic rings. The fourth-order valence-corrected chi connectivity index (χ4v) is 2.67. The van der Waals surface area contributed by atoms with Crippen molar-refractivity contribution >= 4 is 17.3 Å². The third-order valence-electron chi connectivity index (χ3n) is 3.84. The molecule has 0 atom stereocenters. The van der Waals surface area contributed by atoms with E-state index in [1.165, 1.54) is 6.07 Å². The van der Waals surface area contributed by atoms with Crippen molar-refractivity contribution in [1.82, 2.24) is 0 Å². The summed E-state index contributed by atoms with van der Waals surface area (Å²) in [5.74, 6) is -0.583. The second kappa shape index (κ2) is 7.24. The van der Waals surface area contributed by atoms with Gasteiger partial charge in [0.1, 0.15) is 5.82 Å². The average molecular weight is 314 g/mol. The number of anilines is 2. The highest BCUT2D eigenvalue weighted by Gasteiger charge is 2.16. The Labute approximate surface area is 134 Å². The first-order valence-corrected chi connectivity index (χ1v) is 7.69. The summed E-state index contributed by atoms with van der Waals surface area (Å²) in [6.07, 6.45) is 0.0180. The maximum absolute atomic E-state index is 13.7. The van der Waals surface area contributed by atoms with Crippen LogP contribution in [0.25, 0.3) is 0 Å². The van der Waals surface area contributed by atoms with E-state index in [4.69, 9.17) is 4.74 Å². The van der Waals surface area contributed by atoms with Crippen LogP contribution in [0.3, 0.4) is 0 Å². The number of amides is 1. The molecule has 120 valence electrons. The SMILES string of the molecule is O=C(Cc1ccccc1F)Nc1ccccc1N1CCOCC1. The minimum Gasteiger partial charge on any atom is -0.378 e. The smallest absolute Gasteiger partial charge is 0.228 e. The zero-order valence-corrected chi connectivity index (χ0v) is 12.8. The third-order valence-corrected chi connectivity index (χ3v) is 3.84. The summed E-state index contributed by atoms with van der Waals surface area (Å²) in [6.45, 7) is 2.94. The quantitative estimate of drug-likeness (QED) is 0.943. The summed E-state index contributed by atoms with van der Waals surface area (Å²) in [4.78, 5) is 14.4. The Morgan fingerprint density at radius 1 is 1.09 bits per heavy atom. The molecule has 1 heterocycles.